The molecule has 0 saturated carbocycles. The smallest absolute Gasteiger partial charge is 0.268 e. The van der Waals surface area contributed by atoms with E-state index in [-0.39, 0.29) is 13.0 Å². The summed E-state index contributed by atoms with van der Waals surface area (Å²) < 4.78 is 11.6. The van der Waals surface area contributed by atoms with Crippen LogP contribution in [0.1, 0.15) is 56.4 Å². The van der Waals surface area contributed by atoms with Crippen molar-refractivity contribution in [3.63, 3.8) is 0 Å². The maximum absolute atomic E-state index is 11.0. The van der Waals surface area contributed by atoms with E-state index >= 15 is 0 Å². The molecule has 0 aliphatic carbocycles. The van der Waals surface area contributed by atoms with Crippen LogP contribution < -0.4 is 10.5 Å². The van der Waals surface area contributed by atoms with E-state index in [2.05, 4.69) is 36.3 Å². The molecular formula is C26H35N3O5S. The van der Waals surface area contributed by atoms with Gasteiger partial charge in [-0.3, -0.25) is 4.79 Å². The van der Waals surface area contributed by atoms with Gasteiger partial charge in [-0.15, -0.1) is 11.3 Å². The first-order valence-corrected chi connectivity index (χ1v) is 12.9. The second-order valence-electron chi connectivity index (χ2n) is 9.19. The summed E-state index contributed by atoms with van der Waals surface area (Å²) in [5, 5.41) is 26.2. The van der Waals surface area contributed by atoms with Crippen molar-refractivity contribution in [1.82, 2.24) is 10.1 Å². The summed E-state index contributed by atoms with van der Waals surface area (Å²) >= 11 is 1.63. The Morgan fingerprint density at radius 2 is 1.83 bits per heavy atom. The van der Waals surface area contributed by atoms with E-state index in [9.17, 15) is 15.0 Å². The Labute approximate surface area is 210 Å². The number of aliphatic hydroxyl groups is 2. The van der Waals surface area contributed by atoms with Gasteiger partial charge in [0, 0.05) is 12.0 Å². The first-order chi connectivity index (χ1) is 16.6. The third-order valence-corrected chi connectivity index (χ3v) is 7.02. The van der Waals surface area contributed by atoms with Crippen molar-refractivity contribution >= 4 is 17.2 Å². The van der Waals surface area contributed by atoms with Gasteiger partial charge in [-0.25, -0.2) is 0 Å². The molecule has 35 heavy (non-hydrogen) atoms. The molecule has 0 spiro atoms. The minimum atomic E-state index is -1.41. The summed E-state index contributed by atoms with van der Waals surface area (Å²) in [6, 6.07) is 3.94. The average Bonchev–Trinajstić information content (AvgIpc) is 3.43. The summed E-state index contributed by atoms with van der Waals surface area (Å²) in [4.78, 5) is 16.7. The maximum Gasteiger partial charge on any atom is 0.268 e. The molecule has 2 atom stereocenters. The van der Waals surface area contributed by atoms with Crippen LogP contribution in [-0.4, -0.2) is 45.1 Å². The average molecular weight is 502 g/mol. The zero-order chi connectivity index (χ0) is 25.7. The minimum Gasteiger partial charge on any atom is -0.490 e. The highest BCUT2D eigenvalue weighted by atomic mass is 32.1. The number of carbonyl (C=O) groups is 1. The molecule has 3 rings (SSSR count). The van der Waals surface area contributed by atoms with Crippen molar-refractivity contribution in [3.05, 3.63) is 39.8 Å². The quantitative estimate of drug-likeness (QED) is 0.341. The zero-order valence-corrected chi connectivity index (χ0v) is 21.8. The number of hydrogen-bond donors (Lipinski definition) is 3. The lowest BCUT2D eigenvalue weighted by Crippen LogP contribution is -2.33. The first kappa shape index (κ1) is 26.8. The fourth-order valence-corrected chi connectivity index (χ4v) is 4.98. The molecule has 0 saturated heterocycles. The second-order valence-corrected chi connectivity index (χ2v) is 10.1. The van der Waals surface area contributed by atoms with Gasteiger partial charge in [-0.2, -0.15) is 4.98 Å². The number of thiophene rings is 1. The third-order valence-electron chi connectivity index (χ3n) is 5.90. The summed E-state index contributed by atoms with van der Waals surface area (Å²) in [5.74, 6) is 1.42. The lowest BCUT2D eigenvalue weighted by atomic mass is 10.00. The van der Waals surface area contributed by atoms with Gasteiger partial charge >= 0.3 is 0 Å². The molecule has 1 unspecified atom stereocenters. The number of aromatic nitrogens is 2. The minimum absolute atomic E-state index is 0.0631. The van der Waals surface area contributed by atoms with E-state index in [1.807, 2.05) is 26.0 Å². The maximum atomic E-state index is 11.0. The fraction of sp³-hybridized carbons (Fsp3) is 0.500. The van der Waals surface area contributed by atoms with Crippen LogP contribution in [0.15, 0.2) is 22.0 Å². The number of amides is 1. The van der Waals surface area contributed by atoms with Crippen LogP contribution >= 0.6 is 11.3 Å². The highest BCUT2D eigenvalue weighted by molar-refractivity contribution is 7.13. The Balaban J connectivity index is 1.84. The van der Waals surface area contributed by atoms with Gasteiger partial charge in [0.25, 0.3) is 5.89 Å². The van der Waals surface area contributed by atoms with Crippen molar-refractivity contribution in [2.24, 2.45) is 11.7 Å². The van der Waals surface area contributed by atoms with E-state index in [0.29, 0.717) is 36.2 Å². The molecule has 3 aromatic rings. The largest absolute Gasteiger partial charge is 0.490 e. The molecule has 9 heteroatoms. The number of nitrogens with zero attached hydrogens (tertiary/aromatic N) is 2. The molecule has 0 bridgehead atoms. The molecule has 0 fully saturated rings. The van der Waals surface area contributed by atoms with Crippen LogP contribution in [0.3, 0.4) is 0 Å². The predicted octanol–water partition coefficient (Wildman–Crippen LogP) is 4.07. The number of carbonyl (C=O) groups excluding carboxylic acids is 1. The number of aryl methyl sites for hydroxylation is 2. The summed E-state index contributed by atoms with van der Waals surface area (Å²) in [7, 11) is 0. The Morgan fingerprint density at radius 3 is 2.40 bits per heavy atom. The number of primary amides is 1. The molecule has 2 aromatic heterocycles. The Bertz CT molecular complexity index is 1130. The topological polar surface area (TPSA) is 132 Å². The molecule has 1 amide bonds. The van der Waals surface area contributed by atoms with E-state index < -0.39 is 18.1 Å². The highest BCUT2D eigenvalue weighted by Crippen LogP contribution is 2.35. The van der Waals surface area contributed by atoms with Crippen LogP contribution in [0.5, 0.6) is 5.75 Å². The number of hydrogen-bond acceptors (Lipinski definition) is 8. The molecule has 1 aromatic carbocycles. The Hall–Kier alpha value is -2.75. The van der Waals surface area contributed by atoms with Gasteiger partial charge in [0.15, 0.2) is 0 Å². The molecule has 8 nitrogen and oxygen atoms in total. The molecule has 0 radical (unpaired) electrons. The molecule has 190 valence electrons. The first-order valence-electron chi connectivity index (χ1n) is 12.0. The van der Waals surface area contributed by atoms with Crippen LogP contribution in [0.2, 0.25) is 0 Å². The van der Waals surface area contributed by atoms with Crippen LogP contribution in [0, 0.1) is 12.8 Å². The number of benzene rings is 1. The van der Waals surface area contributed by atoms with Crippen molar-refractivity contribution in [2.45, 2.75) is 72.5 Å². The van der Waals surface area contributed by atoms with Gasteiger partial charge < -0.3 is 25.2 Å². The normalized spacial score (nSPS) is 13.3. The number of rotatable bonds is 12. The van der Waals surface area contributed by atoms with Crippen LogP contribution in [0.4, 0.5) is 0 Å². The van der Waals surface area contributed by atoms with E-state index in [1.54, 1.807) is 11.3 Å². The molecule has 4 N–H and O–H groups in total. The fourth-order valence-electron chi connectivity index (χ4n) is 3.95. The second kappa shape index (κ2) is 11.8. The zero-order valence-electron chi connectivity index (χ0n) is 21.0. The van der Waals surface area contributed by atoms with E-state index in [4.69, 9.17) is 15.0 Å². The molecule has 2 heterocycles. The summed E-state index contributed by atoms with van der Waals surface area (Å²) in [5.41, 5.74) is 10.3. The molecule has 0 aliphatic heterocycles. The summed E-state index contributed by atoms with van der Waals surface area (Å²) in [6.45, 7) is 10.5. The monoisotopic (exact) mass is 501 g/mol. The number of nitrogens with two attached hydrogens (primary N) is 1. The standard InChI is InChI=1S/C26H35N3O5S/c1-6-16-9-18(10-17(7-2)22(16)33-12-20(30)11-21(31)24(27)32)25-28-26(34-29-25)23-15(5)19(13-35-23)8-14(3)4/h9-10,13-14,20-21,30-31H,6-8,11-12H2,1-5H3,(H2,27,32)/t20-,21?/m1/s1. The van der Waals surface area contributed by atoms with Gasteiger partial charge in [0.05, 0.1) is 11.0 Å². The number of ether oxygens (including phenoxy) is 1. The third kappa shape index (κ3) is 6.48. The SMILES string of the molecule is CCc1cc(-c2noc(-c3scc(CC(C)C)c3C)n2)cc(CC)c1OC[C@H](O)CC(O)C(N)=O. The lowest BCUT2D eigenvalue weighted by molar-refractivity contribution is -0.127. The van der Waals surface area contributed by atoms with E-state index in [1.165, 1.54) is 11.1 Å². The lowest BCUT2D eigenvalue weighted by Gasteiger charge is -2.19. The molecular weight excluding hydrogens is 466 g/mol. The van der Waals surface area contributed by atoms with E-state index in [0.717, 1.165) is 28.0 Å². The van der Waals surface area contributed by atoms with Gasteiger partial charge in [0.2, 0.25) is 11.7 Å². The van der Waals surface area contributed by atoms with Crippen molar-refractivity contribution in [2.75, 3.05) is 6.61 Å². The van der Waals surface area contributed by atoms with Crippen LogP contribution in [-0.2, 0) is 24.1 Å². The Kier molecular flexibility index (Phi) is 9.04. The van der Waals surface area contributed by atoms with Gasteiger partial charge in [-0.05, 0) is 71.9 Å². The van der Waals surface area contributed by atoms with Crippen molar-refractivity contribution < 1.29 is 24.3 Å². The van der Waals surface area contributed by atoms with Gasteiger partial charge in [-0.1, -0.05) is 32.9 Å². The van der Waals surface area contributed by atoms with Gasteiger partial charge in [0.1, 0.15) is 18.5 Å². The van der Waals surface area contributed by atoms with Crippen molar-refractivity contribution in [3.8, 4) is 27.9 Å². The number of aliphatic hydroxyl groups excluding tert-OH is 2. The summed E-state index contributed by atoms with van der Waals surface area (Å²) in [6.07, 6.45) is -0.203. The van der Waals surface area contributed by atoms with Crippen LogP contribution in [0.25, 0.3) is 22.2 Å². The van der Waals surface area contributed by atoms with Crippen molar-refractivity contribution in [1.29, 1.82) is 0 Å². The Morgan fingerprint density at radius 1 is 1.17 bits per heavy atom. The predicted molar refractivity (Wildman–Crippen MR) is 136 cm³/mol. The highest BCUT2D eigenvalue weighted by Gasteiger charge is 2.21. The molecule has 0 aliphatic rings.